The van der Waals surface area contributed by atoms with Gasteiger partial charge in [-0.15, -0.1) is 0 Å². The SMILES string of the molecule is NCc1c(OCCCC(F)(F)F)ccc2ccccc12. The van der Waals surface area contributed by atoms with Crippen molar-refractivity contribution in [3.63, 3.8) is 0 Å². The van der Waals surface area contributed by atoms with E-state index < -0.39 is 12.6 Å². The Morgan fingerprint density at radius 3 is 2.50 bits per heavy atom. The predicted molar refractivity (Wildman–Crippen MR) is 72.6 cm³/mol. The summed E-state index contributed by atoms with van der Waals surface area (Å²) in [6.07, 6.45) is -5.03. The van der Waals surface area contributed by atoms with Gasteiger partial charge in [0.05, 0.1) is 6.61 Å². The molecule has 0 atom stereocenters. The highest BCUT2D eigenvalue weighted by Crippen LogP contribution is 2.28. The zero-order valence-corrected chi connectivity index (χ0v) is 10.9. The van der Waals surface area contributed by atoms with Gasteiger partial charge in [0.25, 0.3) is 0 Å². The fraction of sp³-hybridized carbons (Fsp3) is 0.333. The number of nitrogens with two attached hydrogens (primary N) is 1. The second-order valence-electron chi connectivity index (χ2n) is 4.53. The van der Waals surface area contributed by atoms with Gasteiger partial charge in [0.2, 0.25) is 0 Å². The van der Waals surface area contributed by atoms with Crippen molar-refractivity contribution in [3.8, 4) is 5.75 Å². The zero-order chi connectivity index (χ0) is 14.6. The molecule has 0 fully saturated rings. The Morgan fingerprint density at radius 1 is 1.05 bits per heavy atom. The highest BCUT2D eigenvalue weighted by molar-refractivity contribution is 5.87. The van der Waals surface area contributed by atoms with Crippen LogP contribution in [0, 0.1) is 0 Å². The van der Waals surface area contributed by atoms with Gasteiger partial charge < -0.3 is 10.5 Å². The minimum absolute atomic E-state index is 0.0326. The maximum Gasteiger partial charge on any atom is 0.389 e. The Morgan fingerprint density at radius 2 is 1.80 bits per heavy atom. The number of alkyl halides is 3. The number of benzene rings is 2. The number of hydrogen-bond acceptors (Lipinski definition) is 2. The summed E-state index contributed by atoms with van der Waals surface area (Å²) in [6, 6.07) is 11.4. The third-order valence-electron chi connectivity index (χ3n) is 3.06. The Hall–Kier alpha value is -1.75. The first-order chi connectivity index (χ1) is 9.51. The average molecular weight is 283 g/mol. The van der Waals surface area contributed by atoms with Crippen LogP contribution in [0.3, 0.4) is 0 Å². The topological polar surface area (TPSA) is 35.2 Å². The second-order valence-corrected chi connectivity index (χ2v) is 4.53. The molecule has 0 aliphatic heterocycles. The van der Waals surface area contributed by atoms with Crippen LogP contribution in [0.15, 0.2) is 36.4 Å². The molecule has 0 saturated heterocycles. The van der Waals surface area contributed by atoms with Gasteiger partial charge in [-0.2, -0.15) is 13.2 Å². The minimum Gasteiger partial charge on any atom is -0.493 e. The largest absolute Gasteiger partial charge is 0.493 e. The van der Waals surface area contributed by atoms with Crippen molar-refractivity contribution < 1.29 is 17.9 Å². The van der Waals surface area contributed by atoms with Gasteiger partial charge in [-0.1, -0.05) is 30.3 Å². The lowest BCUT2D eigenvalue weighted by Crippen LogP contribution is -2.10. The molecule has 0 heterocycles. The molecule has 0 aliphatic rings. The summed E-state index contributed by atoms with van der Waals surface area (Å²) in [5, 5.41) is 2.01. The lowest BCUT2D eigenvalue weighted by Gasteiger charge is -2.13. The standard InChI is InChI=1S/C15H16F3NO/c16-15(17,18)8-3-9-20-14-7-6-11-4-1-2-5-12(11)13(14)10-19/h1-2,4-7H,3,8-10,19H2. The molecular weight excluding hydrogens is 267 g/mol. The molecule has 108 valence electrons. The van der Waals surface area contributed by atoms with Crippen LogP contribution in [0.1, 0.15) is 18.4 Å². The van der Waals surface area contributed by atoms with Crippen LogP contribution in [0.25, 0.3) is 10.8 Å². The van der Waals surface area contributed by atoms with Gasteiger partial charge in [0.15, 0.2) is 0 Å². The molecule has 0 amide bonds. The summed E-state index contributed by atoms with van der Waals surface area (Å²) in [5.74, 6) is 0.563. The van der Waals surface area contributed by atoms with Crippen molar-refractivity contribution in [2.75, 3.05) is 6.61 Å². The molecule has 0 aromatic heterocycles. The van der Waals surface area contributed by atoms with Crippen molar-refractivity contribution in [1.29, 1.82) is 0 Å². The van der Waals surface area contributed by atoms with E-state index in [1.165, 1.54) is 0 Å². The molecule has 0 bridgehead atoms. The molecular formula is C15H16F3NO. The van der Waals surface area contributed by atoms with Crippen molar-refractivity contribution in [1.82, 2.24) is 0 Å². The van der Waals surface area contributed by atoms with E-state index in [0.717, 1.165) is 16.3 Å². The average Bonchev–Trinajstić information content (AvgIpc) is 2.42. The smallest absolute Gasteiger partial charge is 0.389 e. The summed E-state index contributed by atoms with van der Waals surface area (Å²) in [4.78, 5) is 0. The van der Waals surface area contributed by atoms with Crippen LogP contribution < -0.4 is 10.5 Å². The van der Waals surface area contributed by atoms with Crippen LogP contribution in [0.2, 0.25) is 0 Å². The molecule has 2 rings (SSSR count). The van der Waals surface area contributed by atoms with Gasteiger partial charge >= 0.3 is 6.18 Å². The molecule has 0 radical (unpaired) electrons. The number of ether oxygens (including phenoxy) is 1. The molecule has 20 heavy (non-hydrogen) atoms. The first kappa shape index (κ1) is 14.7. The van der Waals surface area contributed by atoms with E-state index in [4.69, 9.17) is 10.5 Å². The molecule has 2 nitrogen and oxygen atoms in total. The maximum atomic E-state index is 12.1. The van der Waals surface area contributed by atoms with Crippen molar-refractivity contribution >= 4 is 10.8 Å². The van der Waals surface area contributed by atoms with Gasteiger partial charge in [-0.05, 0) is 23.3 Å². The Balaban J connectivity index is 2.10. The normalized spacial score (nSPS) is 11.8. The Bertz CT molecular complexity index is 581. The fourth-order valence-corrected chi connectivity index (χ4v) is 2.12. The maximum absolute atomic E-state index is 12.1. The first-order valence-corrected chi connectivity index (χ1v) is 6.41. The Kier molecular flexibility index (Phi) is 4.49. The van der Waals surface area contributed by atoms with E-state index in [2.05, 4.69) is 0 Å². The molecule has 0 saturated carbocycles. The summed E-state index contributed by atoms with van der Waals surface area (Å²) in [6.45, 7) is 0.320. The molecule has 2 N–H and O–H groups in total. The zero-order valence-electron chi connectivity index (χ0n) is 10.9. The fourth-order valence-electron chi connectivity index (χ4n) is 2.12. The van der Waals surface area contributed by atoms with E-state index in [9.17, 15) is 13.2 Å². The van der Waals surface area contributed by atoms with Crippen molar-refractivity contribution in [3.05, 3.63) is 42.0 Å². The number of rotatable bonds is 5. The number of fused-ring (bicyclic) bond motifs is 1. The summed E-state index contributed by atoms with van der Waals surface area (Å²) < 4.78 is 41.6. The third-order valence-corrected chi connectivity index (χ3v) is 3.06. The Labute approximate surface area is 115 Å². The minimum atomic E-state index is -4.14. The highest BCUT2D eigenvalue weighted by Gasteiger charge is 2.26. The highest BCUT2D eigenvalue weighted by atomic mass is 19.4. The van der Waals surface area contributed by atoms with E-state index in [-0.39, 0.29) is 19.6 Å². The molecule has 2 aromatic carbocycles. The van der Waals surface area contributed by atoms with Gasteiger partial charge in [0.1, 0.15) is 5.75 Å². The van der Waals surface area contributed by atoms with Crippen LogP contribution in [-0.2, 0) is 6.54 Å². The quantitative estimate of drug-likeness (QED) is 0.841. The monoisotopic (exact) mass is 283 g/mol. The van der Waals surface area contributed by atoms with Crippen LogP contribution in [0.5, 0.6) is 5.75 Å². The van der Waals surface area contributed by atoms with E-state index in [0.29, 0.717) is 5.75 Å². The second kappa shape index (κ2) is 6.13. The van der Waals surface area contributed by atoms with E-state index in [1.807, 2.05) is 30.3 Å². The van der Waals surface area contributed by atoms with Crippen molar-refractivity contribution in [2.24, 2.45) is 5.73 Å². The van der Waals surface area contributed by atoms with Gasteiger partial charge in [0, 0.05) is 18.5 Å². The first-order valence-electron chi connectivity index (χ1n) is 6.41. The lowest BCUT2D eigenvalue weighted by molar-refractivity contribution is -0.136. The van der Waals surface area contributed by atoms with Gasteiger partial charge in [-0.25, -0.2) is 0 Å². The summed E-state index contributed by atoms with van der Waals surface area (Å²) >= 11 is 0. The number of hydrogen-bond donors (Lipinski definition) is 1. The van der Waals surface area contributed by atoms with E-state index >= 15 is 0 Å². The summed E-state index contributed by atoms with van der Waals surface area (Å²) in [5.41, 5.74) is 6.56. The summed E-state index contributed by atoms with van der Waals surface area (Å²) in [7, 11) is 0. The van der Waals surface area contributed by atoms with Gasteiger partial charge in [-0.3, -0.25) is 0 Å². The lowest BCUT2D eigenvalue weighted by atomic mass is 10.0. The number of halogens is 3. The molecule has 0 spiro atoms. The molecule has 0 aliphatic carbocycles. The van der Waals surface area contributed by atoms with Crippen LogP contribution >= 0.6 is 0 Å². The molecule has 2 aromatic rings. The predicted octanol–water partition coefficient (Wildman–Crippen LogP) is 4.02. The molecule has 5 heteroatoms. The third kappa shape index (κ3) is 3.63. The van der Waals surface area contributed by atoms with E-state index in [1.54, 1.807) is 6.07 Å². The van der Waals surface area contributed by atoms with Crippen molar-refractivity contribution in [2.45, 2.75) is 25.6 Å². The van der Waals surface area contributed by atoms with Crippen LogP contribution in [0.4, 0.5) is 13.2 Å². The van der Waals surface area contributed by atoms with Crippen LogP contribution in [-0.4, -0.2) is 12.8 Å². The molecule has 0 unspecified atom stereocenters.